The van der Waals surface area contributed by atoms with Gasteiger partial charge in [-0.2, -0.15) is 0 Å². The zero-order valence-corrected chi connectivity index (χ0v) is 12.5. The highest BCUT2D eigenvalue weighted by Gasteiger charge is 1.91. The molecule has 1 rings (SSSR count). The predicted molar refractivity (Wildman–Crippen MR) is 85.2 cm³/mol. The molecule has 0 aliphatic carbocycles. The Morgan fingerprint density at radius 1 is 0.737 bits per heavy atom. The SMILES string of the molecule is CCCCCCCCCCCC#Cc1ccccc1. The Balaban J connectivity index is 1.90. The Morgan fingerprint density at radius 3 is 1.95 bits per heavy atom. The van der Waals surface area contributed by atoms with Gasteiger partial charge in [-0.3, -0.25) is 0 Å². The lowest BCUT2D eigenvalue weighted by Gasteiger charge is -2.00. The van der Waals surface area contributed by atoms with Crippen LogP contribution in [0.25, 0.3) is 0 Å². The fourth-order valence-electron chi connectivity index (χ4n) is 2.21. The Kier molecular flexibility index (Phi) is 9.87. The van der Waals surface area contributed by atoms with Gasteiger partial charge < -0.3 is 0 Å². The molecule has 0 atom stereocenters. The number of unbranched alkanes of at least 4 members (excludes halogenated alkanes) is 9. The molecule has 0 aliphatic heterocycles. The van der Waals surface area contributed by atoms with Crippen LogP contribution in [0, 0.1) is 11.8 Å². The fraction of sp³-hybridized carbons (Fsp3) is 0.579. The average Bonchev–Trinajstić information content (AvgIpc) is 2.46. The van der Waals surface area contributed by atoms with Crippen LogP contribution in [0.2, 0.25) is 0 Å². The molecule has 0 unspecified atom stereocenters. The Morgan fingerprint density at radius 2 is 1.32 bits per heavy atom. The first-order valence-corrected chi connectivity index (χ1v) is 7.97. The summed E-state index contributed by atoms with van der Waals surface area (Å²) in [5.74, 6) is 6.49. The summed E-state index contributed by atoms with van der Waals surface area (Å²) >= 11 is 0. The minimum atomic E-state index is 1.05. The van der Waals surface area contributed by atoms with Gasteiger partial charge in [0.15, 0.2) is 0 Å². The molecule has 0 spiro atoms. The van der Waals surface area contributed by atoms with Crippen molar-refractivity contribution in [3.8, 4) is 11.8 Å². The van der Waals surface area contributed by atoms with Gasteiger partial charge in [0.25, 0.3) is 0 Å². The average molecular weight is 256 g/mol. The normalized spacial score (nSPS) is 9.95. The number of hydrogen-bond acceptors (Lipinski definition) is 0. The van der Waals surface area contributed by atoms with Gasteiger partial charge in [-0.25, -0.2) is 0 Å². The highest BCUT2D eigenvalue weighted by molar-refractivity contribution is 5.33. The molecule has 0 N–H and O–H groups in total. The van der Waals surface area contributed by atoms with E-state index in [1.165, 1.54) is 57.8 Å². The second-order valence-electron chi connectivity index (χ2n) is 5.25. The molecule has 0 heterocycles. The summed E-state index contributed by atoms with van der Waals surface area (Å²) in [6.07, 6.45) is 13.5. The molecule has 0 saturated heterocycles. The highest BCUT2D eigenvalue weighted by atomic mass is 14.0. The van der Waals surface area contributed by atoms with E-state index in [1.807, 2.05) is 18.2 Å². The van der Waals surface area contributed by atoms with Gasteiger partial charge in [-0.05, 0) is 18.6 Å². The van der Waals surface area contributed by atoms with E-state index < -0.39 is 0 Å². The predicted octanol–water partition coefficient (Wildman–Crippen LogP) is 5.96. The maximum Gasteiger partial charge on any atom is 0.0245 e. The summed E-state index contributed by atoms with van der Waals surface area (Å²) in [4.78, 5) is 0. The minimum Gasteiger partial charge on any atom is -0.0979 e. The molecule has 19 heavy (non-hydrogen) atoms. The molecule has 0 bridgehead atoms. The van der Waals surface area contributed by atoms with Crippen LogP contribution in [0.5, 0.6) is 0 Å². The quantitative estimate of drug-likeness (QED) is 0.378. The van der Waals surface area contributed by atoms with Crippen molar-refractivity contribution >= 4 is 0 Å². The van der Waals surface area contributed by atoms with E-state index >= 15 is 0 Å². The first kappa shape index (κ1) is 15.8. The van der Waals surface area contributed by atoms with Gasteiger partial charge >= 0.3 is 0 Å². The Labute approximate surface area is 119 Å². The van der Waals surface area contributed by atoms with Crippen molar-refractivity contribution < 1.29 is 0 Å². The first-order valence-electron chi connectivity index (χ1n) is 7.97. The maximum atomic E-state index is 3.27. The molecule has 1 aromatic rings. The van der Waals surface area contributed by atoms with E-state index in [2.05, 4.69) is 30.9 Å². The molecule has 0 aliphatic rings. The second kappa shape index (κ2) is 11.8. The van der Waals surface area contributed by atoms with Crippen LogP contribution in [0.1, 0.15) is 76.7 Å². The molecule has 1 aromatic carbocycles. The third-order valence-corrected chi connectivity index (χ3v) is 3.41. The zero-order chi connectivity index (χ0) is 13.6. The van der Waals surface area contributed by atoms with Crippen molar-refractivity contribution in [3.63, 3.8) is 0 Å². The molecule has 0 aromatic heterocycles. The topological polar surface area (TPSA) is 0 Å². The molecule has 0 fully saturated rings. The van der Waals surface area contributed by atoms with Crippen LogP contribution in [-0.2, 0) is 0 Å². The van der Waals surface area contributed by atoms with E-state index in [4.69, 9.17) is 0 Å². The van der Waals surface area contributed by atoms with Crippen molar-refractivity contribution in [2.45, 2.75) is 71.1 Å². The summed E-state index contributed by atoms with van der Waals surface area (Å²) in [7, 11) is 0. The Hall–Kier alpha value is -1.22. The monoisotopic (exact) mass is 256 g/mol. The lowest BCUT2D eigenvalue weighted by molar-refractivity contribution is 0.567. The van der Waals surface area contributed by atoms with Gasteiger partial charge in [0.1, 0.15) is 0 Å². The van der Waals surface area contributed by atoms with E-state index in [1.54, 1.807) is 0 Å². The van der Waals surface area contributed by atoms with Crippen LogP contribution in [0.3, 0.4) is 0 Å². The van der Waals surface area contributed by atoms with Crippen molar-refractivity contribution in [3.05, 3.63) is 35.9 Å². The van der Waals surface area contributed by atoms with Crippen LogP contribution < -0.4 is 0 Å². The van der Waals surface area contributed by atoms with Crippen LogP contribution in [-0.4, -0.2) is 0 Å². The molecule has 0 heteroatoms. The summed E-state index contributed by atoms with van der Waals surface area (Å²) < 4.78 is 0. The van der Waals surface area contributed by atoms with Crippen molar-refractivity contribution in [1.29, 1.82) is 0 Å². The van der Waals surface area contributed by atoms with E-state index in [-0.39, 0.29) is 0 Å². The molecule has 0 radical (unpaired) electrons. The van der Waals surface area contributed by atoms with Crippen molar-refractivity contribution in [2.24, 2.45) is 0 Å². The zero-order valence-electron chi connectivity index (χ0n) is 12.5. The number of rotatable bonds is 9. The van der Waals surface area contributed by atoms with Crippen LogP contribution in [0.4, 0.5) is 0 Å². The van der Waals surface area contributed by atoms with E-state index in [0.29, 0.717) is 0 Å². The smallest absolute Gasteiger partial charge is 0.0245 e. The maximum absolute atomic E-state index is 3.27. The molecule has 104 valence electrons. The summed E-state index contributed by atoms with van der Waals surface area (Å²) in [5.41, 5.74) is 1.14. The summed E-state index contributed by atoms with van der Waals surface area (Å²) in [5, 5.41) is 0. The van der Waals surface area contributed by atoms with E-state index in [9.17, 15) is 0 Å². The second-order valence-corrected chi connectivity index (χ2v) is 5.25. The van der Waals surface area contributed by atoms with Gasteiger partial charge in [-0.15, -0.1) is 0 Å². The highest BCUT2D eigenvalue weighted by Crippen LogP contribution is 2.10. The lowest BCUT2D eigenvalue weighted by atomic mass is 10.1. The molecule has 0 saturated carbocycles. The van der Waals surface area contributed by atoms with Gasteiger partial charge in [0.05, 0.1) is 0 Å². The standard InChI is InChI=1S/C19H28/c1-2-3-4-5-6-7-8-9-10-11-13-16-19-17-14-12-15-18-19/h12,14-15,17-18H,2-11H2,1H3. The molecule has 0 nitrogen and oxygen atoms in total. The summed E-state index contributed by atoms with van der Waals surface area (Å²) in [6, 6.07) is 10.3. The third kappa shape index (κ3) is 9.37. The molecule has 0 amide bonds. The third-order valence-electron chi connectivity index (χ3n) is 3.41. The van der Waals surface area contributed by atoms with Crippen molar-refractivity contribution in [1.82, 2.24) is 0 Å². The lowest BCUT2D eigenvalue weighted by Crippen LogP contribution is -1.81. The largest absolute Gasteiger partial charge is 0.0979 e. The molecular formula is C19H28. The van der Waals surface area contributed by atoms with Crippen LogP contribution in [0.15, 0.2) is 30.3 Å². The van der Waals surface area contributed by atoms with E-state index in [0.717, 1.165) is 12.0 Å². The summed E-state index contributed by atoms with van der Waals surface area (Å²) in [6.45, 7) is 2.27. The van der Waals surface area contributed by atoms with Gasteiger partial charge in [0.2, 0.25) is 0 Å². The minimum absolute atomic E-state index is 1.05. The van der Waals surface area contributed by atoms with Crippen LogP contribution >= 0.6 is 0 Å². The Bertz CT molecular complexity index is 353. The van der Waals surface area contributed by atoms with Crippen molar-refractivity contribution in [2.75, 3.05) is 0 Å². The number of hydrogen-bond donors (Lipinski definition) is 0. The van der Waals surface area contributed by atoms with Gasteiger partial charge in [-0.1, -0.05) is 88.3 Å². The fourth-order valence-corrected chi connectivity index (χ4v) is 2.21. The molecular weight excluding hydrogens is 228 g/mol. The first-order chi connectivity index (χ1) is 9.43. The van der Waals surface area contributed by atoms with Gasteiger partial charge in [0, 0.05) is 12.0 Å². The number of benzene rings is 1.